The summed E-state index contributed by atoms with van der Waals surface area (Å²) in [6.07, 6.45) is 3.56. The number of benzene rings is 1. The second kappa shape index (κ2) is 7.57. The Hall–Kier alpha value is -1.39. The van der Waals surface area contributed by atoms with Gasteiger partial charge < -0.3 is 5.32 Å². The summed E-state index contributed by atoms with van der Waals surface area (Å²) in [5.74, 6) is 1.01. The molecule has 5 heteroatoms. The zero-order chi connectivity index (χ0) is 15.2. The first-order valence-electron chi connectivity index (χ1n) is 7.51. The second-order valence-electron chi connectivity index (χ2n) is 5.20. The van der Waals surface area contributed by atoms with Gasteiger partial charge in [-0.2, -0.15) is 5.10 Å². The molecule has 0 aliphatic heterocycles. The van der Waals surface area contributed by atoms with Crippen molar-refractivity contribution in [1.29, 1.82) is 0 Å². The van der Waals surface area contributed by atoms with Crippen LogP contribution in [-0.4, -0.2) is 21.3 Å². The largest absolute Gasteiger partial charge is 0.310 e. The van der Waals surface area contributed by atoms with Crippen LogP contribution in [0.15, 0.2) is 24.5 Å². The molecular weight excluding hydrogens is 284 g/mol. The van der Waals surface area contributed by atoms with Crippen LogP contribution in [0.1, 0.15) is 43.3 Å². The minimum absolute atomic E-state index is 0.233. The number of rotatable bonds is 7. The second-order valence-corrected chi connectivity index (χ2v) is 5.64. The predicted octanol–water partition coefficient (Wildman–Crippen LogP) is 3.54. The van der Waals surface area contributed by atoms with Crippen molar-refractivity contribution in [1.82, 2.24) is 20.1 Å². The fourth-order valence-corrected chi connectivity index (χ4v) is 2.76. The van der Waals surface area contributed by atoms with Crippen LogP contribution in [0.5, 0.6) is 0 Å². The number of hydrogen-bond acceptors (Lipinski definition) is 3. The van der Waals surface area contributed by atoms with E-state index >= 15 is 0 Å². The summed E-state index contributed by atoms with van der Waals surface area (Å²) < 4.78 is 1.95. The van der Waals surface area contributed by atoms with E-state index in [9.17, 15) is 0 Å². The molecule has 0 spiro atoms. The summed E-state index contributed by atoms with van der Waals surface area (Å²) in [6.45, 7) is 8.18. The van der Waals surface area contributed by atoms with E-state index in [1.807, 2.05) is 16.8 Å². The molecule has 1 aromatic heterocycles. The van der Waals surface area contributed by atoms with E-state index in [0.717, 1.165) is 36.8 Å². The highest BCUT2D eigenvalue weighted by atomic mass is 35.5. The molecule has 2 rings (SSSR count). The van der Waals surface area contributed by atoms with E-state index in [4.69, 9.17) is 11.6 Å². The molecule has 2 aromatic rings. The smallest absolute Gasteiger partial charge is 0.138 e. The minimum Gasteiger partial charge on any atom is -0.310 e. The van der Waals surface area contributed by atoms with Crippen LogP contribution in [-0.2, 0) is 13.0 Å². The van der Waals surface area contributed by atoms with Gasteiger partial charge >= 0.3 is 0 Å². The summed E-state index contributed by atoms with van der Waals surface area (Å²) in [6, 6.07) is 6.31. The molecule has 1 aromatic carbocycles. The first kappa shape index (κ1) is 16.0. The molecule has 0 fully saturated rings. The zero-order valence-corrected chi connectivity index (χ0v) is 13.7. The van der Waals surface area contributed by atoms with E-state index in [-0.39, 0.29) is 6.04 Å². The maximum absolute atomic E-state index is 6.07. The molecule has 0 saturated carbocycles. The zero-order valence-electron chi connectivity index (χ0n) is 12.9. The molecule has 1 atom stereocenters. The van der Waals surface area contributed by atoms with Crippen molar-refractivity contribution >= 4 is 11.6 Å². The van der Waals surface area contributed by atoms with Gasteiger partial charge in [0.25, 0.3) is 0 Å². The highest BCUT2D eigenvalue weighted by Gasteiger charge is 2.17. The van der Waals surface area contributed by atoms with Crippen molar-refractivity contribution in [3.05, 3.63) is 46.5 Å². The fourth-order valence-electron chi connectivity index (χ4n) is 2.53. The van der Waals surface area contributed by atoms with Gasteiger partial charge in [0.2, 0.25) is 0 Å². The number of nitrogens with one attached hydrogen (secondary N) is 1. The number of halogens is 1. The summed E-state index contributed by atoms with van der Waals surface area (Å²) >= 11 is 6.07. The lowest BCUT2D eigenvalue weighted by atomic mass is 9.98. The molecule has 21 heavy (non-hydrogen) atoms. The van der Waals surface area contributed by atoms with Crippen molar-refractivity contribution in [3.8, 4) is 0 Å². The van der Waals surface area contributed by atoms with Crippen molar-refractivity contribution < 1.29 is 0 Å². The summed E-state index contributed by atoms with van der Waals surface area (Å²) in [7, 11) is 0. The predicted molar refractivity (Wildman–Crippen MR) is 86.6 cm³/mol. The van der Waals surface area contributed by atoms with Crippen molar-refractivity contribution in [2.75, 3.05) is 6.54 Å². The van der Waals surface area contributed by atoms with E-state index in [0.29, 0.717) is 0 Å². The Labute approximate surface area is 131 Å². The third kappa shape index (κ3) is 4.05. The lowest BCUT2D eigenvalue weighted by Gasteiger charge is -2.21. The van der Waals surface area contributed by atoms with E-state index in [1.165, 1.54) is 11.1 Å². The number of aromatic nitrogens is 3. The maximum Gasteiger partial charge on any atom is 0.138 e. The van der Waals surface area contributed by atoms with Gasteiger partial charge in [-0.3, -0.25) is 4.68 Å². The van der Waals surface area contributed by atoms with E-state index in [1.54, 1.807) is 6.33 Å². The van der Waals surface area contributed by atoms with Gasteiger partial charge in [0.15, 0.2) is 0 Å². The number of aryl methyl sites for hydroxylation is 2. The Kier molecular flexibility index (Phi) is 5.76. The Balaban J connectivity index is 2.25. The monoisotopic (exact) mass is 306 g/mol. The average Bonchev–Trinajstić information content (AvgIpc) is 2.91. The highest BCUT2D eigenvalue weighted by Crippen LogP contribution is 2.24. The Morgan fingerprint density at radius 3 is 2.81 bits per heavy atom. The quantitative estimate of drug-likeness (QED) is 0.851. The molecule has 4 nitrogen and oxygen atoms in total. The summed E-state index contributed by atoms with van der Waals surface area (Å²) in [5, 5.41) is 8.65. The normalized spacial score (nSPS) is 12.6. The van der Waals surface area contributed by atoms with Crippen molar-refractivity contribution in [3.63, 3.8) is 0 Å². The standard InChI is InChI=1S/C16H23ClN4/c1-4-8-18-15(10-16-19-11-20-21(16)5-2)14-7-6-13(17)9-12(14)3/h6-7,9,11,15,18H,4-5,8,10H2,1-3H3. The Morgan fingerprint density at radius 1 is 1.33 bits per heavy atom. The van der Waals surface area contributed by atoms with Crippen LogP contribution in [0.4, 0.5) is 0 Å². The van der Waals surface area contributed by atoms with Crippen LogP contribution < -0.4 is 5.32 Å². The summed E-state index contributed by atoms with van der Waals surface area (Å²) in [4.78, 5) is 4.39. The van der Waals surface area contributed by atoms with Gasteiger partial charge in [-0.15, -0.1) is 0 Å². The molecule has 1 N–H and O–H groups in total. The summed E-state index contributed by atoms with van der Waals surface area (Å²) in [5.41, 5.74) is 2.48. The van der Waals surface area contributed by atoms with Gasteiger partial charge in [0.1, 0.15) is 12.2 Å². The molecule has 0 aliphatic carbocycles. The van der Waals surface area contributed by atoms with Crippen molar-refractivity contribution in [2.45, 2.75) is 46.2 Å². The molecule has 0 amide bonds. The van der Waals surface area contributed by atoms with Crippen LogP contribution in [0.2, 0.25) is 5.02 Å². The van der Waals surface area contributed by atoms with Crippen LogP contribution >= 0.6 is 11.6 Å². The molecule has 0 radical (unpaired) electrons. The third-order valence-corrected chi connectivity index (χ3v) is 3.87. The fraction of sp³-hybridized carbons (Fsp3) is 0.500. The van der Waals surface area contributed by atoms with Crippen LogP contribution in [0.3, 0.4) is 0 Å². The molecule has 114 valence electrons. The topological polar surface area (TPSA) is 42.7 Å². The van der Waals surface area contributed by atoms with Gasteiger partial charge in [-0.05, 0) is 50.1 Å². The van der Waals surface area contributed by atoms with Crippen LogP contribution in [0, 0.1) is 6.92 Å². The lowest BCUT2D eigenvalue weighted by molar-refractivity contribution is 0.495. The Morgan fingerprint density at radius 2 is 2.14 bits per heavy atom. The van der Waals surface area contributed by atoms with Gasteiger partial charge in [0, 0.05) is 24.0 Å². The molecule has 0 saturated heterocycles. The molecule has 0 aliphatic rings. The molecule has 0 bridgehead atoms. The van der Waals surface area contributed by atoms with Crippen LogP contribution in [0.25, 0.3) is 0 Å². The first-order valence-corrected chi connectivity index (χ1v) is 7.89. The van der Waals surface area contributed by atoms with Gasteiger partial charge in [-0.25, -0.2) is 4.98 Å². The van der Waals surface area contributed by atoms with E-state index in [2.05, 4.69) is 42.2 Å². The Bertz CT molecular complexity index is 579. The van der Waals surface area contributed by atoms with Crippen molar-refractivity contribution in [2.24, 2.45) is 0 Å². The molecule has 1 unspecified atom stereocenters. The lowest BCUT2D eigenvalue weighted by Crippen LogP contribution is -2.26. The maximum atomic E-state index is 6.07. The third-order valence-electron chi connectivity index (χ3n) is 3.63. The first-order chi connectivity index (χ1) is 10.2. The van der Waals surface area contributed by atoms with Gasteiger partial charge in [0.05, 0.1) is 0 Å². The molecular formula is C16H23ClN4. The minimum atomic E-state index is 0.233. The SMILES string of the molecule is CCCNC(Cc1ncnn1CC)c1ccc(Cl)cc1C. The van der Waals surface area contributed by atoms with E-state index < -0.39 is 0 Å². The van der Waals surface area contributed by atoms with Gasteiger partial charge in [-0.1, -0.05) is 24.6 Å². The molecule has 1 heterocycles. The average molecular weight is 307 g/mol. The highest BCUT2D eigenvalue weighted by molar-refractivity contribution is 6.30. The number of nitrogens with zero attached hydrogens (tertiary/aromatic N) is 3. The number of hydrogen-bond donors (Lipinski definition) is 1.